The van der Waals surface area contributed by atoms with E-state index in [4.69, 9.17) is 11.6 Å². The summed E-state index contributed by atoms with van der Waals surface area (Å²) in [4.78, 5) is 4.47. The molecule has 0 amide bonds. The van der Waals surface area contributed by atoms with Crippen LogP contribution < -0.4 is 5.32 Å². The first-order valence-electron chi connectivity index (χ1n) is 6.84. The molecule has 0 aliphatic rings. The molecular weight excluding hydrogens is 385 g/mol. The summed E-state index contributed by atoms with van der Waals surface area (Å²) in [6, 6.07) is 6.28. The molecule has 108 valence electrons. The standard InChI is InChI=1S/C15H19ClIN3/c1-3-18-14(10-15-19-7-8-20(15)4-2)12-9-11(16)5-6-13(12)17/h5-9,14,18H,3-4,10H2,1-2H3. The van der Waals surface area contributed by atoms with Crippen molar-refractivity contribution in [3.8, 4) is 0 Å². The molecule has 5 heteroatoms. The highest BCUT2D eigenvalue weighted by Gasteiger charge is 2.17. The highest BCUT2D eigenvalue weighted by atomic mass is 127. The van der Waals surface area contributed by atoms with Gasteiger partial charge in [-0.2, -0.15) is 0 Å². The van der Waals surface area contributed by atoms with Gasteiger partial charge in [-0.25, -0.2) is 4.98 Å². The van der Waals surface area contributed by atoms with Crippen LogP contribution in [0, 0.1) is 3.57 Å². The Labute approximate surface area is 138 Å². The summed E-state index contributed by atoms with van der Waals surface area (Å²) in [7, 11) is 0. The van der Waals surface area contributed by atoms with Crippen molar-refractivity contribution in [2.45, 2.75) is 32.9 Å². The molecule has 0 spiro atoms. The third kappa shape index (κ3) is 3.74. The lowest BCUT2D eigenvalue weighted by Gasteiger charge is -2.20. The van der Waals surface area contributed by atoms with Gasteiger partial charge in [0, 0.05) is 40.0 Å². The summed E-state index contributed by atoms with van der Waals surface area (Å²) in [5.41, 5.74) is 1.24. The van der Waals surface area contributed by atoms with Crippen LogP contribution in [0.1, 0.15) is 31.3 Å². The van der Waals surface area contributed by atoms with Crippen LogP contribution in [0.2, 0.25) is 5.02 Å². The molecule has 0 aliphatic carbocycles. The van der Waals surface area contributed by atoms with Crippen molar-refractivity contribution in [1.29, 1.82) is 0 Å². The van der Waals surface area contributed by atoms with Crippen LogP contribution in [0.25, 0.3) is 0 Å². The first kappa shape index (κ1) is 15.8. The molecule has 2 aromatic rings. The Morgan fingerprint density at radius 1 is 1.40 bits per heavy atom. The molecule has 1 heterocycles. The van der Waals surface area contributed by atoms with E-state index in [0.717, 1.165) is 30.4 Å². The van der Waals surface area contributed by atoms with E-state index in [-0.39, 0.29) is 6.04 Å². The molecule has 0 fully saturated rings. The number of rotatable bonds is 6. The van der Waals surface area contributed by atoms with Crippen molar-refractivity contribution < 1.29 is 0 Å². The zero-order valence-corrected chi connectivity index (χ0v) is 14.6. The van der Waals surface area contributed by atoms with Gasteiger partial charge in [-0.3, -0.25) is 0 Å². The topological polar surface area (TPSA) is 29.9 Å². The highest BCUT2D eigenvalue weighted by molar-refractivity contribution is 14.1. The Kier molecular flexibility index (Phi) is 5.86. The summed E-state index contributed by atoms with van der Waals surface area (Å²) in [6.07, 6.45) is 4.76. The molecule has 1 aromatic heterocycles. The van der Waals surface area contributed by atoms with E-state index in [1.165, 1.54) is 9.13 Å². The van der Waals surface area contributed by atoms with Crippen LogP contribution in [-0.4, -0.2) is 16.1 Å². The van der Waals surface area contributed by atoms with Gasteiger partial charge < -0.3 is 9.88 Å². The predicted molar refractivity (Wildman–Crippen MR) is 92.2 cm³/mol. The number of imidazole rings is 1. The second-order valence-electron chi connectivity index (χ2n) is 4.61. The Balaban J connectivity index is 2.29. The number of aromatic nitrogens is 2. The lowest BCUT2D eigenvalue weighted by molar-refractivity contribution is 0.520. The third-order valence-electron chi connectivity index (χ3n) is 3.31. The van der Waals surface area contributed by atoms with Gasteiger partial charge in [0.25, 0.3) is 0 Å². The van der Waals surface area contributed by atoms with Gasteiger partial charge in [-0.15, -0.1) is 0 Å². The number of nitrogens with zero attached hydrogens (tertiary/aromatic N) is 2. The van der Waals surface area contributed by atoms with Crippen LogP contribution in [0.15, 0.2) is 30.6 Å². The number of hydrogen-bond donors (Lipinski definition) is 1. The van der Waals surface area contributed by atoms with Crippen molar-refractivity contribution in [1.82, 2.24) is 14.9 Å². The zero-order valence-electron chi connectivity index (χ0n) is 11.7. The SMILES string of the molecule is CCNC(Cc1nccn1CC)c1cc(Cl)ccc1I. The van der Waals surface area contributed by atoms with Gasteiger partial charge in [-0.1, -0.05) is 18.5 Å². The maximum absolute atomic E-state index is 6.15. The lowest BCUT2D eigenvalue weighted by atomic mass is 10.0. The third-order valence-corrected chi connectivity index (χ3v) is 4.53. The number of halogens is 2. The molecule has 0 radical (unpaired) electrons. The van der Waals surface area contributed by atoms with Crippen LogP contribution in [0.5, 0.6) is 0 Å². The maximum atomic E-state index is 6.15. The Bertz CT molecular complexity index is 568. The van der Waals surface area contributed by atoms with Gasteiger partial charge in [0.05, 0.1) is 0 Å². The van der Waals surface area contributed by atoms with Crippen LogP contribution in [-0.2, 0) is 13.0 Å². The van der Waals surface area contributed by atoms with Gasteiger partial charge >= 0.3 is 0 Å². The normalized spacial score (nSPS) is 12.6. The summed E-state index contributed by atoms with van der Waals surface area (Å²) >= 11 is 8.51. The minimum absolute atomic E-state index is 0.235. The van der Waals surface area contributed by atoms with E-state index in [2.05, 4.69) is 63.4 Å². The molecule has 1 unspecified atom stereocenters. The number of nitrogens with one attached hydrogen (secondary N) is 1. The average molecular weight is 404 g/mol. The van der Waals surface area contributed by atoms with Crippen LogP contribution >= 0.6 is 34.2 Å². The van der Waals surface area contributed by atoms with E-state index in [9.17, 15) is 0 Å². The van der Waals surface area contributed by atoms with Gasteiger partial charge in [0.1, 0.15) is 5.82 Å². The van der Waals surface area contributed by atoms with E-state index in [0.29, 0.717) is 0 Å². The Hall–Kier alpha value is -0.590. The van der Waals surface area contributed by atoms with E-state index in [1.807, 2.05) is 18.5 Å². The minimum Gasteiger partial charge on any atom is -0.335 e. The van der Waals surface area contributed by atoms with E-state index in [1.54, 1.807) is 0 Å². The Morgan fingerprint density at radius 2 is 2.20 bits per heavy atom. The molecule has 3 nitrogen and oxygen atoms in total. The van der Waals surface area contributed by atoms with E-state index < -0.39 is 0 Å². The maximum Gasteiger partial charge on any atom is 0.110 e. The summed E-state index contributed by atoms with van der Waals surface area (Å²) in [5, 5.41) is 4.32. The molecule has 0 saturated heterocycles. The quantitative estimate of drug-likeness (QED) is 0.737. The molecule has 20 heavy (non-hydrogen) atoms. The second kappa shape index (κ2) is 7.43. The fraction of sp³-hybridized carbons (Fsp3) is 0.400. The molecule has 2 rings (SSSR count). The largest absolute Gasteiger partial charge is 0.335 e. The summed E-state index contributed by atoms with van der Waals surface area (Å²) < 4.78 is 3.41. The van der Waals surface area contributed by atoms with Crippen LogP contribution in [0.3, 0.4) is 0 Å². The van der Waals surface area contributed by atoms with Crippen LogP contribution in [0.4, 0.5) is 0 Å². The lowest BCUT2D eigenvalue weighted by Crippen LogP contribution is -2.25. The monoisotopic (exact) mass is 403 g/mol. The summed E-state index contributed by atoms with van der Waals surface area (Å²) in [6.45, 7) is 6.12. The van der Waals surface area contributed by atoms with Crippen molar-refractivity contribution in [3.05, 3.63) is 50.6 Å². The molecule has 0 aliphatic heterocycles. The molecule has 1 atom stereocenters. The zero-order chi connectivity index (χ0) is 14.5. The second-order valence-corrected chi connectivity index (χ2v) is 6.21. The first-order valence-corrected chi connectivity index (χ1v) is 8.29. The van der Waals surface area contributed by atoms with Crippen molar-refractivity contribution in [2.75, 3.05) is 6.54 Å². The number of aryl methyl sites for hydroxylation is 1. The molecular formula is C15H19ClIN3. The fourth-order valence-electron chi connectivity index (χ4n) is 2.32. The molecule has 0 saturated carbocycles. The minimum atomic E-state index is 0.235. The first-order chi connectivity index (χ1) is 9.65. The average Bonchev–Trinajstić information content (AvgIpc) is 2.88. The molecule has 1 N–H and O–H groups in total. The fourth-order valence-corrected chi connectivity index (χ4v) is 3.21. The molecule has 0 bridgehead atoms. The van der Waals surface area contributed by atoms with Crippen molar-refractivity contribution in [3.63, 3.8) is 0 Å². The van der Waals surface area contributed by atoms with Crippen molar-refractivity contribution in [2.24, 2.45) is 0 Å². The number of benzene rings is 1. The summed E-state index contributed by atoms with van der Waals surface area (Å²) in [5.74, 6) is 1.11. The molecule has 1 aromatic carbocycles. The predicted octanol–water partition coefficient (Wildman–Crippen LogP) is 4.05. The van der Waals surface area contributed by atoms with Gasteiger partial charge in [0.2, 0.25) is 0 Å². The number of hydrogen-bond acceptors (Lipinski definition) is 2. The van der Waals surface area contributed by atoms with Crippen molar-refractivity contribution >= 4 is 34.2 Å². The van der Waals surface area contributed by atoms with Gasteiger partial charge in [-0.05, 0) is 59.8 Å². The highest BCUT2D eigenvalue weighted by Crippen LogP contribution is 2.26. The smallest absolute Gasteiger partial charge is 0.110 e. The Morgan fingerprint density at radius 3 is 2.90 bits per heavy atom. The van der Waals surface area contributed by atoms with Gasteiger partial charge in [0.15, 0.2) is 0 Å². The van der Waals surface area contributed by atoms with E-state index >= 15 is 0 Å². The number of likely N-dealkylation sites (N-methyl/N-ethyl adjacent to an activating group) is 1.